The van der Waals surface area contributed by atoms with Gasteiger partial charge in [0.2, 0.25) is 5.28 Å². The molecule has 1 aromatic rings. The molecule has 4 nitrogen and oxygen atoms in total. The predicted molar refractivity (Wildman–Crippen MR) is 36.8 cm³/mol. The van der Waals surface area contributed by atoms with Crippen molar-refractivity contribution in [1.29, 1.82) is 0 Å². The first-order chi connectivity index (χ1) is 4.83. The van der Waals surface area contributed by atoms with Gasteiger partial charge in [0, 0.05) is 13.0 Å². The molecule has 5 heteroatoms. The van der Waals surface area contributed by atoms with Crippen molar-refractivity contribution in [3.63, 3.8) is 0 Å². The van der Waals surface area contributed by atoms with Crippen LogP contribution in [-0.2, 0) is 6.42 Å². The zero-order chi connectivity index (χ0) is 7.40. The molecule has 56 valence electrons. The van der Waals surface area contributed by atoms with E-state index in [2.05, 4.69) is 15.2 Å². The number of halogens is 1. The lowest BCUT2D eigenvalue weighted by atomic mass is 10.3. The third-order valence-corrected chi connectivity index (χ3v) is 1.25. The summed E-state index contributed by atoms with van der Waals surface area (Å²) in [6.45, 7) is 0.165. The molecular formula is C5H8ClN3O. The Hall–Kier alpha value is -0.610. The molecule has 0 spiro atoms. The second-order valence-corrected chi connectivity index (χ2v) is 2.22. The summed E-state index contributed by atoms with van der Waals surface area (Å²) < 4.78 is 0. The molecule has 0 saturated heterocycles. The summed E-state index contributed by atoms with van der Waals surface area (Å²) in [4.78, 5) is 3.84. The molecule has 0 aliphatic rings. The van der Waals surface area contributed by atoms with Gasteiger partial charge in [-0.05, 0) is 18.0 Å². The van der Waals surface area contributed by atoms with Gasteiger partial charge in [0.05, 0.1) is 0 Å². The van der Waals surface area contributed by atoms with Crippen LogP contribution in [0.15, 0.2) is 0 Å². The molecule has 2 N–H and O–H groups in total. The highest BCUT2D eigenvalue weighted by Gasteiger charge is 1.97. The molecule has 0 atom stereocenters. The zero-order valence-electron chi connectivity index (χ0n) is 5.34. The number of H-pyrrole nitrogens is 1. The summed E-state index contributed by atoms with van der Waals surface area (Å²) in [5.41, 5.74) is 0. The molecule has 0 saturated carbocycles. The Morgan fingerprint density at radius 3 is 2.90 bits per heavy atom. The van der Waals surface area contributed by atoms with Crippen molar-refractivity contribution in [3.8, 4) is 0 Å². The summed E-state index contributed by atoms with van der Waals surface area (Å²) in [5, 5.41) is 14.9. The van der Waals surface area contributed by atoms with E-state index >= 15 is 0 Å². The summed E-state index contributed by atoms with van der Waals surface area (Å²) in [5.74, 6) is 0.721. The van der Waals surface area contributed by atoms with Crippen molar-refractivity contribution < 1.29 is 5.11 Å². The average Bonchev–Trinajstić information content (AvgIpc) is 2.31. The highest BCUT2D eigenvalue weighted by atomic mass is 35.5. The fourth-order valence-electron chi connectivity index (χ4n) is 0.630. The van der Waals surface area contributed by atoms with E-state index in [1.807, 2.05) is 0 Å². The number of aryl methyl sites for hydroxylation is 1. The summed E-state index contributed by atoms with van der Waals surface area (Å²) in [6, 6.07) is 0. The van der Waals surface area contributed by atoms with E-state index in [1.165, 1.54) is 0 Å². The molecular weight excluding hydrogens is 154 g/mol. The van der Waals surface area contributed by atoms with Crippen LogP contribution in [0.4, 0.5) is 0 Å². The van der Waals surface area contributed by atoms with Crippen LogP contribution in [0.3, 0.4) is 0 Å². The topological polar surface area (TPSA) is 61.8 Å². The van der Waals surface area contributed by atoms with Crippen molar-refractivity contribution in [2.24, 2.45) is 0 Å². The number of aliphatic hydroxyl groups is 1. The lowest BCUT2D eigenvalue weighted by Gasteiger charge is -1.88. The zero-order valence-corrected chi connectivity index (χ0v) is 6.10. The number of nitrogens with zero attached hydrogens (tertiary/aromatic N) is 2. The SMILES string of the molecule is OCCCc1nc(Cl)n[nH]1. The van der Waals surface area contributed by atoms with E-state index in [-0.39, 0.29) is 11.9 Å². The van der Waals surface area contributed by atoms with Gasteiger partial charge in [-0.15, -0.1) is 5.10 Å². The standard InChI is InChI=1S/C5H8ClN3O/c6-5-7-4(8-9-5)2-1-3-10/h10H,1-3H2,(H,7,8,9). The van der Waals surface area contributed by atoms with Gasteiger partial charge in [-0.25, -0.2) is 4.98 Å². The Bertz CT molecular complexity index is 201. The first kappa shape index (κ1) is 7.50. The lowest BCUT2D eigenvalue weighted by molar-refractivity contribution is 0.287. The van der Waals surface area contributed by atoms with Crippen LogP contribution in [0, 0.1) is 0 Å². The van der Waals surface area contributed by atoms with E-state index in [1.54, 1.807) is 0 Å². The number of aliphatic hydroxyl groups excluding tert-OH is 1. The summed E-state index contributed by atoms with van der Waals surface area (Å²) in [6.07, 6.45) is 1.38. The minimum atomic E-state index is 0.165. The Labute approximate surface area is 63.2 Å². The van der Waals surface area contributed by atoms with Crippen LogP contribution in [0.2, 0.25) is 5.28 Å². The van der Waals surface area contributed by atoms with Gasteiger partial charge in [0.1, 0.15) is 5.82 Å². The first-order valence-electron chi connectivity index (χ1n) is 3.00. The molecule has 0 fully saturated rings. The van der Waals surface area contributed by atoms with E-state index in [4.69, 9.17) is 16.7 Å². The third-order valence-electron chi connectivity index (χ3n) is 1.08. The monoisotopic (exact) mass is 161 g/mol. The molecule has 1 aromatic heterocycles. The number of aromatic amines is 1. The van der Waals surface area contributed by atoms with Gasteiger partial charge in [-0.3, -0.25) is 5.10 Å². The van der Waals surface area contributed by atoms with Crippen molar-refractivity contribution >= 4 is 11.6 Å². The molecule has 0 aliphatic carbocycles. The van der Waals surface area contributed by atoms with Gasteiger partial charge >= 0.3 is 0 Å². The van der Waals surface area contributed by atoms with Gasteiger partial charge in [-0.1, -0.05) is 0 Å². The van der Waals surface area contributed by atoms with Crippen LogP contribution in [0.5, 0.6) is 0 Å². The number of hydrogen-bond donors (Lipinski definition) is 2. The molecule has 0 aromatic carbocycles. The largest absolute Gasteiger partial charge is 0.396 e. The predicted octanol–water partition coefficient (Wildman–Crippen LogP) is 0.383. The van der Waals surface area contributed by atoms with Crippen LogP contribution in [0.25, 0.3) is 0 Å². The molecule has 0 unspecified atom stereocenters. The Kier molecular flexibility index (Phi) is 2.65. The van der Waals surface area contributed by atoms with E-state index in [9.17, 15) is 0 Å². The minimum absolute atomic E-state index is 0.165. The fraction of sp³-hybridized carbons (Fsp3) is 0.600. The smallest absolute Gasteiger partial charge is 0.242 e. The van der Waals surface area contributed by atoms with Crippen LogP contribution in [-0.4, -0.2) is 26.9 Å². The molecule has 0 amide bonds. The maximum Gasteiger partial charge on any atom is 0.242 e. The summed E-state index contributed by atoms with van der Waals surface area (Å²) >= 11 is 5.42. The van der Waals surface area contributed by atoms with Crippen molar-refractivity contribution in [3.05, 3.63) is 11.1 Å². The van der Waals surface area contributed by atoms with Crippen LogP contribution < -0.4 is 0 Å². The number of aromatic nitrogens is 3. The van der Waals surface area contributed by atoms with Crippen LogP contribution in [0.1, 0.15) is 12.2 Å². The van der Waals surface area contributed by atoms with E-state index < -0.39 is 0 Å². The normalized spacial score (nSPS) is 10.2. The second kappa shape index (κ2) is 3.53. The number of nitrogens with one attached hydrogen (secondary N) is 1. The lowest BCUT2D eigenvalue weighted by Crippen LogP contribution is -1.91. The Morgan fingerprint density at radius 1 is 1.60 bits per heavy atom. The second-order valence-electron chi connectivity index (χ2n) is 1.88. The number of rotatable bonds is 3. The van der Waals surface area contributed by atoms with Crippen molar-refractivity contribution in [2.75, 3.05) is 6.61 Å². The van der Waals surface area contributed by atoms with Crippen molar-refractivity contribution in [2.45, 2.75) is 12.8 Å². The van der Waals surface area contributed by atoms with Gasteiger partial charge in [0.15, 0.2) is 0 Å². The molecule has 0 radical (unpaired) electrons. The molecule has 0 bridgehead atoms. The quantitative estimate of drug-likeness (QED) is 0.674. The molecule has 1 rings (SSSR count). The number of hydrogen-bond acceptors (Lipinski definition) is 3. The minimum Gasteiger partial charge on any atom is -0.396 e. The Morgan fingerprint density at radius 2 is 2.40 bits per heavy atom. The highest BCUT2D eigenvalue weighted by Crippen LogP contribution is 2.00. The van der Waals surface area contributed by atoms with Crippen molar-refractivity contribution in [1.82, 2.24) is 15.2 Å². The van der Waals surface area contributed by atoms with Gasteiger partial charge in [0.25, 0.3) is 0 Å². The van der Waals surface area contributed by atoms with Gasteiger partial charge < -0.3 is 5.11 Å². The summed E-state index contributed by atoms with van der Waals surface area (Å²) in [7, 11) is 0. The molecule has 1 heterocycles. The third kappa shape index (κ3) is 1.97. The van der Waals surface area contributed by atoms with E-state index in [0.717, 1.165) is 5.82 Å². The van der Waals surface area contributed by atoms with E-state index in [0.29, 0.717) is 12.8 Å². The Balaban J connectivity index is 2.42. The molecule has 10 heavy (non-hydrogen) atoms. The maximum absolute atomic E-state index is 8.44. The first-order valence-corrected chi connectivity index (χ1v) is 3.38. The fourth-order valence-corrected chi connectivity index (χ4v) is 0.775. The molecule has 0 aliphatic heterocycles. The highest BCUT2D eigenvalue weighted by molar-refractivity contribution is 6.28. The van der Waals surface area contributed by atoms with Crippen LogP contribution >= 0.6 is 11.6 Å². The average molecular weight is 162 g/mol. The van der Waals surface area contributed by atoms with Gasteiger partial charge in [-0.2, -0.15) is 0 Å². The maximum atomic E-state index is 8.44.